The number of nitrogens with zero attached hydrogens (tertiary/aromatic N) is 3. The Morgan fingerprint density at radius 1 is 0.677 bits per heavy atom. The molecule has 0 aromatic rings. The van der Waals surface area contributed by atoms with Crippen LogP contribution in [-0.4, -0.2) is 11.1 Å². The van der Waals surface area contributed by atoms with Crippen LogP contribution in [0, 0.1) is 53.3 Å². The van der Waals surface area contributed by atoms with Crippen LogP contribution in [0.5, 0.6) is 0 Å². The van der Waals surface area contributed by atoms with Crippen molar-refractivity contribution in [1.82, 2.24) is 0 Å². The van der Waals surface area contributed by atoms with Crippen molar-refractivity contribution in [3.8, 4) is 0 Å². The van der Waals surface area contributed by atoms with E-state index in [1.807, 2.05) is 0 Å². The van der Waals surface area contributed by atoms with E-state index in [1.165, 1.54) is 41.0 Å². The van der Waals surface area contributed by atoms with E-state index >= 15 is 0 Å². The number of hydrogen-bond donors (Lipinski definition) is 0. The van der Waals surface area contributed by atoms with Crippen LogP contribution in [0.3, 0.4) is 0 Å². The molecule has 0 aliphatic heterocycles. The van der Waals surface area contributed by atoms with Crippen molar-refractivity contribution in [3.63, 3.8) is 0 Å². The van der Waals surface area contributed by atoms with E-state index in [1.54, 1.807) is 0 Å². The third-order valence-electron chi connectivity index (χ3n) is 5.94. The molecule has 2 aliphatic rings. The van der Waals surface area contributed by atoms with Gasteiger partial charge in [0.05, 0.1) is 0 Å². The zero-order valence-electron chi connectivity index (χ0n) is 22.4. The molecule has 0 spiro atoms. The second-order valence-electron chi connectivity index (χ2n) is 11.0. The van der Waals surface area contributed by atoms with E-state index in [0.29, 0.717) is 11.8 Å². The fraction of sp³-hybridized carbons (Fsp3) is 0.704. The molecule has 0 bridgehead atoms. The molecule has 1 fully saturated rings. The van der Waals surface area contributed by atoms with Gasteiger partial charge in [-0.2, -0.15) is 11.4 Å². The Balaban J connectivity index is 0. The van der Waals surface area contributed by atoms with Crippen molar-refractivity contribution >= 4 is 0 Å². The SMILES string of the molecule is CC(C)C1CC([N-]C(C)(C)C)=C([N-]C(C)(C)C)C1.C[C]1[C](C)[C](C)[C](C)[C]1C.[C-]#N.[Ti+4]. The molecule has 3 nitrogen and oxygen atoms in total. The summed E-state index contributed by atoms with van der Waals surface area (Å²) in [7, 11) is 0. The predicted octanol–water partition coefficient (Wildman–Crippen LogP) is 8.67. The average molecular weight is 460 g/mol. The standard InChI is InChI=1S/C16H30N2.C10H15.CN.Ti/c1-11(2)12-9-13(17-15(3,4)5)14(10-12)18-16(6,7)8;1-6-7(2)9(4)10(5)8(6)3;1-2;/h11-12H,9-10H2,1-8H3;1-5H3;;/q-2;;-1;+4. The molecule has 0 aromatic carbocycles. The monoisotopic (exact) mass is 459 g/mol. The quantitative estimate of drug-likeness (QED) is 0.308. The first-order valence-electron chi connectivity index (χ1n) is 11.1. The molecule has 4 heteroatoms. The van der Waals surface area contributed by atoms with Crippen LogP contribution in [0.4, 0.5) is 0 Å². The van der Waals surface area contributed by atoms with Crippen molar-refractivity contribution in [1.29, 1.82) is 5.26 Å². The molecular weight excluding hydrogens is 414 g/mol. The normalized spacial score (nSPS) is 20.1. The number of hydrogen-bond acceptors (Lipinski definition) is 1. The van der Waals surface area contributed by atoms with Crippen LogP contribution < -0.4 is 0 Å². The topological polar surface area (TPSA) is 52.0 Å². The molecule has 171 valence electrons. The van der Waals surface area contributed by atoms with Crippen molar-refractivity contribution in [2.75, 3.05) is 0 Å². The Bertz CT molecular complexity index is 492. The van der Waals surface area contributed by atoms with Gasteiger partial charge in [0.1, 0.15) is 0 Å². The maximum Gasteiger partial charge on any atom is 4.00 e. The van der Waals surface area contributed by atoms with Gasteiger partial charge in [0.25, 0.3) is 0 Å². The Labute approximate surface area is 210 Å². The summed E-state index contributed by atoms with van der Waals surface area (Å²) in [4.78, 5) is 0. The Hall–Kier alpha value is -0.456. The number of allylic oxidation sites excluding steroid dienone is 2. The van der Waals surface area contributed by atoms with Gasteiger partial charge in [-0.25, -0.2) is 0 Å². The van der Waals surface area contributed by atoms with E-state index in [9.17, 15) is 0 Å². The van der Waals surface area contributed by atoms with E-state index < -0.39 is 0 Å². The molecule has 0 atom stereocenters. The second-order valence-corrected chi connectivity index (χ2v) is 11.0. The van der Waals surface area contributed by atoms with Crippen molar-refractivity contribution in [2.45, 2.75) is 114 Å². The van der Waals surface area contributed by atoms with E-state index in [-0.39, 0.29) is 32.8 Å². The number of rotatable bonds is 3. The summed E-state index contributed by atoms with van der Waals surface area (Å²) in [5.41, 5.74) is 2.49. The molecule has 0 aromatic heterocycles. The maximum atomic E-state index is 6.25. The van der Waals surface area contributed by atoms with Gasteiger partial charge in [-0.05, 0) is 54.3 Å². The fourth-order valence-corrected chi connectivity index (χ4v) is 3.71. The van der Waals surface area contributed by atoms with Crippen LogP contribution in [-0.2, 0) is 21.7 Å². The minimum atomic E-state index is -0.000142. The van der Waals surface area contributed by atoms with Gasteiger partial charge in [-0.3, -0.25) is 0 Å². The summed E-state index contributed by atoms with van der Waals surface area (Å²) in [6.07, 6.45) is 2.20. The second kappa shape index (κ2) is 13.3. The predicted molar refractivity (Wildman–Crippen MR) is 130 cm³/mol. The fourth-order valence-electron chi connectivity index (χ4n) is 3.71. The van der Waals surface area contributed by atoms with Gasteiger partial charge in [-0.15, -0.1) is 11.1 Å². The molecule has 0 unspecified atom stereocenters. The first kappa shape index (κ1) is 32.7. The summed E-state index contributed by atoms with van der Waals surface area (Å²) in [6, 6.07) is 0. The Morgan fingerprint density at radius 2 is 0.903 bits per heavy atom. The van der Waals surface area contributed by atoms with Gasteiger partial charge >= 0.3 is 21.7 Å². The van der Waals surface area contributed by atoms with Crippen LogP contribution in [0.2, 0.25) is 0 Å². The van der Waals surface area contributed by atoms with Crippen LogP contribution in [0.1, 0.15) is 103 Å². The van der Waals surface area contributed by atoms with Gasteiger partial charge in [0.15, 0.2) is 0 Å². The minimum absolute atomic E-state index is 0. The summed E-state index contributed by atoms with van der Waals surface area (Å²) in [5.74, 6) is 8.76. The smallest absolute Gasteiger partial charge is 0.684 e. The van der Waals surface area contributed by atoms with Gasteiger partial charge in [-0.1, -0.05) is 90.0 Å². The van der Waals surface area contributed by atoms with Crippen molar-refractivity contribution in [3.05, 3.63) is 58.2 Å². The van der Waals surface area contributed by atoms with Crippen molar-refractivity contribution < 1.29 is 21.7 Å². The summed E-state index contributed by atoms with van der Waals surface area (Å²) in [6.45, 7) is 33.3. The molecule has 5 radical (unpaired) electrons. The molecule has 31 heavy (non-hydrogen) atoms. The minimum Gasteiger partial charge on any atom is -0.684 e. The molecule has 0 heterocycles. The Kier molecular flexibility index (Phi) is 14.0. The largest absolute Gasteiger partial charge is 4.00 e. The molecule has 0 N–H and O–H groups in total. The molecule has 0 saturated heterocycles. The van der Waals surface area contributed by atoms with E-state index in [0.717, 1.165) is 12.8 Å². The third kappa shape index (κ3) is 10.8. The Morgan fingerprint density at radius 3 is 1.06 bits per heavy atom. The average Bonchev–Trinajstić information content (AvgIpc) is 3.06. The van der Waals surface area contributed by atoms with Gasteiger partial charge < -0.3 is 22.5 Å². The van der Waals surface area contributed by atoms with Crippen LogP contribution in [0.25, 0.3) is 10.6 Å². The zero-order valence-corrected chi connectivity index (χ0v) is 24.0. The summed E-state index contributed by atoms with van der Waals surface area (Å²) in [5, 5.41) is 16.0. The van der Waals surface area contributed by atoms with Crippen molar-refractivity contribution in [2.24, 2.45) is 11.8 Å². The first-order chi connectivity index (χ1) is 13.5. The molecule has 2 rings (SSSR count). The zero-order chi connectivity index (χ0) is 24.0. The molecule has 2 aliphatic carbocycles. The maximum absolute atomic E-state index is 6.25. The first-order valence-corrected chi connectivity index (χ1v) is 11.1. The summed E-state index contributed by atoms with van der Waals surface area (Å²) >= 11 is 0. The summed E-state index contributed by atoms with van der Waals surface area (Å²) < 4.78 is 0. The molecular formula is C27H45N3Ti+. The van der Waals surface area contributed by atoms with E-state index in [4.69, 9.17) is 22.5 Å². The van der Waals surface area contributed by atoms with Gasteiger partial charge in [0.2, 0.25) is 0 Å². The van der Waals surface area contributed by atoms with Gasteiger partial charge in [0, 0.05) is 0 Å². The third-order valence-corrected chi connectivity index (χ3v) is 5.94. The van der Waals surface area contributed by atoms with Crippen LogP contribution >= 0.6 is 0 Å². The van der Waals surface area contributed by atoms with Crippen LogP contribution in [0.15, 0.2) is 11.4 Å². The molecule has 0 amide bonds. The van der Waals surface area contributed by atoms with E-state index in [2.05, 4.69) is 90.0 Å². The molecule has 1 saturated carbocycles.